The van der Waals surface area contributed by atoms with Gasteiger partial charge in [-0.2, -0.15) is 0 Å². The smallest absolute Gasteiger partial charge is 0.329 e. The van der Waals surface area contributed by atoms with Crippen molar-refractivity contribution in [2.45, 2.75) is 6.10 Å². The predicted octanol–water partition coefficient (Wildman–Crippen LogP) is -3.06. The van der Waals surface area contributed by atoms with Gasteiger partial charge in [0.1, 0.15) is 6.61 Å². The SMILES string of the molecule is O=C(O)COCCOCC(O)CN1CCN(CC(=O)O)CCN(CC(=O)O)CCN(CC(=O)O)CC1. The van der Waals surface area contributed by atoms with E-state index in [4.69, 9.17) is 14.6 Å². The van der Waals surface area contributed by atoms with E-state index in [9.17, 15) is 39.6 Å². The van der Waals surface area contributed by atoms with Crippen LogP contribution in [0.1, 0.15) is 0 Å². The predicted molar refractivity (Wildman–Crippen MR) is 124 cm³/mol. The van der Waals surface area contributed by atoms with Gasteiger partial charge in [0.05, 0.1) is 45.6 Å². The second kappa shape index (κ2) is 17.9. The van der Waals surface area contributed by atoms with Gasteiger partial charge in [0.2, 0.25) is 0 Å². The van der Waals surface area contributed by atoms with Crippen LogP contribution >= 0.6 is 0 Å². The number of carboxylic acids is 4. The van der Waals surface area contributed by atoms with Crippen molar-refractivity contribution >= 4 is 23.9 Å². The lowest BCUT2D eigenvalue weighted by atomic mass is 10.3. The van der Waals surface area contributed by atoms with Crippen LogP contribution in [-0.2, 0) is 28.7 Å². The molecule has 0 radical (unpaired) electrons. The number of nitrogens with zero attached hydrogens (tertiary/aromatic N) is 4. The molecule has 1 unspecified atom stereocenters. The molecule has 208 valence electrons. The van der Waals surface area contributed by atoms with Gasteiger partial charge in [-0.05, 0) is 0 Å². The second-order valence-electron chi connectivity index (χ2n) is 8.49. The molecular weight excluding hydrogens is 484 g/mol. The minimum absolute atomic E-state index is 0.0191. The zero-order valence-electron chi connectivity index (χ0n) is 20.4. The van der Waals surface area contributed by atoms with Crippen LogP contribution in [0.4, 0.5) is 0 Å². The maximum Gasteiger partial charge on any atom is 0.329 e. The van der Waals surface area contributed by atoms with E-state index < -0.39 is 36.6 Å². The Morgan fingerprint density at radius 2 is 0.944 bits per heavy atom. The molecule has 0 aliphatic carbocycles. The summed E-state index contributed by atoms with van der Waals surface area (Å²) in [5.74, 6) is -4.13. The average molecular weight is 523 g/mol. The minimum Gasteiger partial charge on any atom is -0.480 e. The number of β-amino-alcohol motifs (C(OH)–C–C–N with tert-alkyl or cyclic N) is 1. The summed E-state index contributed by atoms with van der Waals surface area (Å²) in [6, 6.07) is 0. The van der Waals surface area contributed by atoms with E-state index in [0.29, 0.717) is 52.4 Å². The summed E-state index contributed by atoms with van der Waals surface area (Å²) in [5.41, 5.74) is 0. The van der Waals surface area contributed by atoms with Crippen molar-refractivity contribution in [3.8, 4) is 0 Å². The van der Waals surface area contributed by atoms with Gasteiger partial charge < -0.3 is 35.0 Å². The highest BCUT2D eigenvalue weighted by Gasteiger charge is 2.21. The zero-order valence-corrected chi connectivity index (χ0v) is 20.4. The highest BCUT2D eigenvalue weighted by atomic mass is 16.5. The number of hydrogen-bond acceptors (Lipinski definition) is 11. The fourth-order valence-corrected chi connectivity index (χ4v) is 3.66. The lowest BCUT2D eigenvalue weighted by molar-refractivity contribution is -0.143. The standard InChI is InChI=1S/C21H38N4O11/c26-17(15-35-9-10-36-16-21(33)34)11-22-1-3-23(12-18(27)28)5-7-25(14-20(31)32)8-6-24(4-2-22)13-19(29)30/h17,26H,1-16H2,(H,27,28)(H,29,30)(H,31,32)(H,33,34). The summed E-state index contributed by atoms with van der Waals surface area (Å²) < 4.78 is 10.2. The first-order valence-electron chi connectivity index (χ1n) is 11.6. The number of ether oxygens (including phenoxy) is 2. The molecule has 1 atom stereocenters. The average Bonchev–Trinajstić information content (AvgIpc) is 2.76. The van der Waals surface area contributed by atoms with Gasteiger partial charge in [-0.25, -0.2) is 4.79 Å². The fourth-order valence-electron chi connectivity index (χ4n) is 3.66. The molecule has 0 saturated carbocycles. The van der Waals surface area contributed by atoms with Crippen molar-refractivity contribution in [2.75, 3.05) is 105 Å². The third-order valence-corrected chi connectivity index (χ3v) is 5.38. The molecule has 1 aliphatic heterocycles. The maximum absolute atomic E-state index is 11.3. The molecule has 1 heterocycles. The number of carbonyl (C=O) groups is 4. The van der Waals surface area contributed by atoms with Crippen LogP contribution in [0.25, 0.3) is 0 Å². The summed E-state index contributed by atoms with van der Waals surface area (Å²) in [4.78, 5) is 51.2. The van der Waals surface area contributed by atoms with Gasteiger partial charge in [0.15, 0.2) is 0 Å². The van der Waals surface area contributed by atoms with E-state index >= 15 is 0 Å². The van der Waals surface area contributed by atoms with Gasteiger partial charge in [0.25, 0.3) is 0 Å². The molecule has 0 aromatic heterocycles. The summed E-state index contributed by atoms with van der Waals surface area (Å²) in [5, 5.41) is 46.6. The van der Waals surface area contributed by atoms with Crippen molar-refractivity contribution in [1.29, 1.82) is 0 Å². The summed E-state index contributed by atoms with van der Waals surface area (Å²) in [6.45, 7) is 1.97. The van der Waals surface area contributed by atoms with E-state index in [1.807, 2.05) is 4.90 Å². The van der Waals surface area contributed by atoms with E-state index in [1.165, 1.54) is 0 Å². The molecule has 0 spiro atoms. The van der Waals surface area contributed by atoms with E-state index in [-0.39, 0.29) is 46.0 Å². The van der Waals surface area contributed by atoms with Crippen LogP contribution in [0.2, 0.25) is 0 Å². The number of rotatable bonds is 15. The van der Waals surface area contributed by atoms with Crippen LogP contribution in [0.5, 0.6) is 0 Å². The first-order chi connectivity index (χ1) is 17.0. The van der Waals surface area contributed by atoms with E-state index in [0.717, 1.165) is 0 Å². The topological polar surface area (TPSA) is 201 Å². The quantitative estimate of drug-likeness (QED) is 0.136. The van der Waals surface area contributed by atoms with Crippen molar-refractivity contribution in [1.82, 2.24) is 19.6 Å². The number of carboxylic acid groups (broad SMARTS) is 4. The molecule has 1 fully saturated rings. The summed E-state index contributed by atoms with van der Waals surface area (Å²) >= 11 is 0. The molecule has 1 saturated heterocycles. The molecule has 15 nitrogen and oxygen atoms in total. The lowest BCUT2D eigenvalue weighted by Gasteiger charge is -2.33. The Bertz CT molecular complexity index is 665. The Morgan fingerprint density at radius 3 is 1.31 bits per heavy atom. The van der Waals surface area contributed by atoms with E-state index in [1.54, 1.807) is 14.7 Å². The van der Waals surface area contributed by atoms with Crippen molar-refractivity contribution in [3.05, 3.63) is 0 Å². The molecule has 0 aromatic rings. The molecule has 15 heteroatoms. The molecule has 36 heavy (non-hydrogen) atoms. The Balaban J connectivity index is 2.76. The zero-order chi connectivity index (χ0) is 26.9. The van der Waals surface area contributed by atoms with Gasteiger partial charge in [-0.3, -0.25) is 34.0 Å². The van der Waals surface area contributed by atoms with Crippen LogP contribution in [-0.4, -0.2) is 180 Å². The van der Waals surface area contributed by atoms with Crippen LogP contribution in [0, 0.1) is 0 Å². The Hall–Kier alpha value is -2.40. The Kier molecular flexibility index (Phi) is 15.8. The van der Waals surface area contributed by atoms with Gasteiger partial charge in [0, 0.05) is 58.9 Å². The third-order valence-electron chi connectivity index (χ3n) is 5.38. The van der Waals surface area contributed by atoms with Gasteiger partial charge >= 0.3 is 23.9 Å². The van der Waals surface area contributed by atoms with Crippen molar-refractivity contribution < 1.29 is 54.2 Å². The molecule has 1 rings (SSSR count). The minimum atomic E-state index is -1.09. The van der Waals surface area contributed by atoms with E-state index in [2.05, 4.69) is 0 Å². The van der Waals surface area contributed by atoms with Crippen molar-refractivity contribution in [2.24, 2.45) is 0 Å². The van der Waals surface area contributed by atoms with Crippen LogP contribution in [0.15, 0.2) is 0 Å². The van der Waals surface area contributed by atoms with Gasteiger partial charge in [-0.1, -0.05) is 0 Å². The number of aliphatic carboxylic acids is 4. The fraction of sp³-hybridized carbons (Fsp3) is 0.810. The first-order valence-corrected chi connectivity index (χ1v) is 11.6. The van der Waals surface area contributed by atoms with Crippen molar-refractivity contribution in [3.63, 3.8) is 0 Å². The number of aliphatic hydroxyl groups is 1. The molecule has 0 bridgehead atoms. The highest BCUT2D eigenvalue weighted by Crippen LogP contribution is 2.03. The largest absolute Gasteiger partial charge is 0.480 e. The van der Waals surface area contributed by atoms with Crippen LogP contribution in [0.3, 0.4) is 0 Å². The summed E-state index contributed by atoms with van der Waals surface area (Å²) in [6.07, 6.45) is -0.885. The Morgan fingerprint density at radius 1 is 0.583 bits per heavy atom. The summed E-state index contributed by atoms with van der Waals surface area (Å²) in [7, 11) is 0. The first kappa shape index (κ1) is 31.6. The third kappa shape index (κ3) is 16.3. The lowest BCUT2D eigenvalue weighted by Crippen LogP contribution is -2.49. The molecule has 1 aliphatic rings. The Labute approximate surface area is 209 Å². The molecule has 5 N–H and O–H groups in total. The highest BCUT2D eigenvalue weighted by molar-refractivity contribution is 5.70. The number of aliphatic hydroxyl groups excluding tert-OH is 1. The second-order valence-corrected chi connectivity index (χ2v) is 8.49. The molecule has 0 amide bonds. The number of hydrogen-bond donors (Lipinski definition) is 5. The maximum atomic E-state index is 11.3. The molecule has 0 aromatic carbocycles. The monoisotopic (exact) mass is 522 g/mol. The van der Waals surface area contributed by atoms with Crippen LogP contribution < -0.4 is 0 Å². The normalized spacial score (nSPS) is 18.7. The molecular formula is C21H38N4O11. The van der Waals surface area contributed by atoms with Gasteiger partial charge in [-0.15, -0.1) is 0 Å².